The van der Waals surface area contributed by atoms with E-state index in [-0.39, 0.29) is 24.7 Å². The number of nitrogens with two attached hydrogens (primary N) is 1. The Morgan fingerprint density at radius 1 is 1.30 bits per heavy atom. The van der Waals surface area contributed by atoms with E-state index in [9.17, 15) is 13.6 Å². The van der Waals surface area contributed by atoms with Crippen molar-refractivity contribution in [2.24, 2.45) is 5.73 Å². The molecule has 0 aliphatic rings. The predicted molar refractivity (Wildman–Crippen MR) is 75.6 cm³/mol. The molecule has 0 aliphatic heterocycles. The van der Waals surface area contributed by atoms with E-state index in [4.69, 9.17) is 5.73 Å². The molecule has 0 unspecified atom stereocenters. The van der Waals surface area contributed by atoms with Gasteiger partial charge in [-0.2, -0.15) is 0 Å². The Kier molecular flexibility index (Phi) is 6.07. The van der Waals surface area contributed by atoms with Gasteiger partial charge in [0.2, 0.25) is 0 Å². The van der Waals surface area contributed by atoms with Crippen molar-refractivity contribution in [2.75, 3.05) is 13.1 Å². The molecule has 0 spiro atoms. The number of hydrogen-bond donors (Lipinski definition) is 1. The normalized spacial score (nSPS) is 10.9. The molecule has 0 aromatic heterocycles. The average Bonchev–Trinajstić information content (AvgIpc) is 2.43. The van der Waals surface area contributed by atoms with Crippen molar-refractivity contribution in [1.82, 2.24) is 4.90 Å². The lowest BCUT2D eigenvalue weighted by molar-refractivity contribution is 0.0664. The van der Waals surface area contributed by atoms with Crippen LogP contribution in [0.5, 0.6) is 0 Å². The molecule has 0 fully saturated rings. The number of carbonyl (C=O) groups is 1. The highest BCUT2D eigenvalue weighted by atomic mass is 19.1. The van der Waals surface area contributed by atoms with Gasteiger partial charge in [-0.05, 0) is 31.4 Å². The third-order valence-corrected chi connectivity index (χ3v) is 3.51. The Morgan fingerprint density at radius 2 is 1.90 bits per heavy atom. The second-order valence-electron chi connectivity index (χ2n) is 4.81. The number of halogens is 2. The number of carbonyl (C=O) groups excluding carboxylic acids is 1. The van der Waals surface area contributed by atoms with Crippen LogP contribution in [0.15, 0.2) is 12.1 Å². The van der Waals surface area contributed by atoms with Crippen LogP contribution in [-0.4, -0.2) is 29.9 Å². The second kappa shape index (κ2) is 7.33. The smallest absolute Gasteiger partial charge is 0.260 e. The fourth-order valence-electron chi connectivity index (χ4n) is 2.31. The Hall–Kier alpha value is -1.49. The molecule has 1 rings (SSSR count). The van der Waals surface area contributed by atoms with Gasteiger partial charge < -0.3 is 10.6 Å². The predicted octanol–water partition coefficient (Wildman–Crippen LogP) is 2.86. The third-order valence-electron chi connectivity index (χ3n) is 3.51. The standard InChI is InChI=1S/C15H22F2N2O/c1-4-11(5-2)19(9-8-18)15(20)13-12(16)7-6-10(3)14(13)17/h6-7,11H,4-5,8-9,18H2,1-3H3. The number of hydrogen-bond acceptors (Lipinski definition) is 2. The van der Waals surface area contributed by atoms with Crippen LogP contribution in [0.2, 0.25) is 0 Å². The van der Waals surface area contributed by atoms with Crippen molar-refractivity contribution >= 4 is 5.91 Å². The largest absolute Gasteiger partial charge is 0.334 e. The van der Waals surface area contributed by atoms with Gasteiger partial charge in [0, 0.05) is 19.1 Å². The first-order valence-electron chi connectivity index (χ1n) is 6.93. The monoisotopic (exact) mass is 284 g/mol. The summed E-state index contributed by atoms with van der Waals surface area (Å²) in [6.45, 7) is 5.94. The van der Waals surface area contributed by atoms with E-state index in [2.05, 4.69) is 0 Å². The molecular formula is C15H22F2N2O. The van der Waals surface area contributed by atoms with Gasteiger partial charge >= 0.3 is 0 Å². The molecule has 0 radical (unpaired) electrons. The van der Waals surface area contributed by atoms with Crippen LogP contribution in [0.4, 0.5) is 8.78 Å². The maximum Gasteiger partial charge on any atom is 0.260 e. The molecule has 0 atom stereocenters. The summed E-state index contributed by atoms with van der Waals surface area (Å²) >= 11 is 0. The van der Waals surface area contributed by atoms with Gasteiger partial charge in [-0.15, -0.1) is 0 Å². The fraction of sp³-hybridized carbons (Fsp3) is 0.533. The van der Waals surface area contributed by atoms with Crippen LogP contribution in [0.1, 0.15) is 42.6 Å². The summed E-state index contributed by atoms with van der Waals surface area (Å²) in [5.74, 6) is -2.24. The molecule has 3 nitrogen and oxygen atoms in total. The Balaban J connectivity index is 3.22. The van der Waals surface area contributed by atoms with E-state index >= 15 is 0 Å². The van der Waals surface area contributed by atoms with E-state index in [1.807, 2.05) is 13.8 Å². The summed E-state index contributed by atoms with van der Waals surface area (Å²) < 4.78 is 27.9. The summed E-state index contributed by atoms with van der Waals surface area (Å²) in [5, 5.41) is 0. The SMILES string of the molecule is CCC(CC)N(CCN)C(=O)c1c(F)ccc(C)c1F. The van der Waals surface area contributed by atoms with Crippen molar-refractivity contribution < 1.29 is 13.6 Å². The first kappa shape index (κ1) is 16.6. The lowest BCUT2D eigenvalue weighted by atomic mass is 10.1. The molecule has 5 heteroatoms. The van der Waals surface area contributed by atoms with Crippen molar-refractivity contribution in [3.63, 3.8) is 0 Å². The van der Waals surface area contributed by atoms with Crippen molar-refractivity contribution in [3.8, 4) is 0 Å². The molecule has 0 saturated heterocycles. The lowest BCUT2D eigenvalue weighted by Gasteiger charge is -2.30. The number of nitrogens with zero attached hydrogens (tertiary/aromatic N) is 1. The molecule has 1 aromatic rings. The van der Waals surface area contributed by atoms with Gasteiger partial charge in [-0.3, -0.25) is 4.79 Å². The van der Waals surface area contributed by atoms with E-state index < -0.39 is 23.1 Å². The van der Waals surface area contributed by atoms with E-state index in [0.717, 1.165) is 18.9 Å². The van der Waals surface area contributed by atoms with Gasteiger partial charge in [0.05, 0.1) is 0 Å². The van der Waals surface area contributed by atoms with Gasteiger partial charge in [-0.25, -0.2) is 8.78 Å². The van der Waals surface area contributed by atoms with Crippen LogP contribution in [-0.2, 0) is 0 Å². The number of rotatable bonds is 6. The van der Waals surface area contributed by atoms with Crippen LogP contribution in [0.3, 0.4) is 0 Å². The van der Waals surface area contributed by atoms with Crippen molar-refractivity contribution in [3.05, 3.63) is 34.9 Å². The summed E-state index contributed by atoms with van der Waals surface area (Å²) in [6, 6.07) is 2.38. The summed E-state index contributed by atoms with van der Waals surface area (Å²) in [4.78, 5) is 14.0. The zero-order valence-electron chi connectivity index (χ0n) is 12.2. The highest BCUT2D eigenvalue weighted by Crippen LogP contribution is 2.20. The molecule has 112 valence electrons. The minimum absolute atomic E-state index is 0.0645. The summed E-state index contributed by atoms with van der Waals surface area (Å²) in [7, 11) is 0. The Bertz CT molecular complexity index is 473. The molecule has 0 saturated carbocycles. The minimum Gasteiger partial charge on any atom is -0.334 e. The highest BCUT2D eigenvalue weighted by Gasteiger charge is 2.27. The van der Waals surface area contributed by atoms with Crippen LogP contribution in [0.25, 0.3) is 0 Å². The zero-order chi connectivity index (χ0) is 15.3. The van der Waals surface area contributed by atoms with E-state index in [0.29, 0.717) is 0 Å². The molecular weight excluding hydrogens is 262 g/mol. The molecule has 1 aromatic carbocycles. The quantitative estimate of drug-likeness (QED) is 0.873. The van der Waals surface area contributed by atoms with Crippen LogP contribution < -0.4 is 5.73 Å². The second-order valence-corrected chi connectivity index (χ2v) is 4.81. The topological polar surface area (TPSA) is 46.3 Å². The Labute approximate surface area is 118 Å². The van der Waals surface area contributed by atoms with Gasteiger partial charge in [-0.1, -0.05) is 19.9 Å². The van der Waals surface area contributed by atoms with Crippen LogP contribution in [0, 0.1) is 18.6 Å². The number of benzene rings is 1. The minimum atomic E-state index is -0.828. The number of amides is 1. The van der Waals surface area contributed by atoms with Crippen LogP contribution >= 0.6 is 0 Å². The van der Waals surface area contributed by atoms with E-state index in [1.165, 1.54) is 17.9 Å². The Morgan fingerprint density at radius 3 is 2.40 bits per heavy atom. The molecule has 2 N–H and O–H groups in total. The average molecular weight is 284 g/mol. The molecule has 20 heavy (non-hydrogen) atoms. The molecule has 1 amide bonds. The lowest BCUT2D eigenvalue weighted by Crippen LogP contribution is -2.43. The highest BCUT2D eigenvalue weighted by molar-refractivity contribution is 5.95. The molecule has 0 aliphatic carbocycles. The maximum atomic E-state index is 14.1. The van der Waals surface area contributed by atoms with E-state index in [1.54, 1.807) is 0 Å². The van der Waals surface area contributed by atoms with Crippen molar-refractivity contribution in [2.45, 2.75) is 39.7 Å². The number of aryl methyl sites for hydroxylation is 1. The fourth-order valence-corrected chi connectivity index (χ4v) is 2.31. The molecule has 0 bridgehead atoms. The summed E-state index contributed by atoms with van der Waals surface area (Å²) in [5.41, 5.74) is 5.29. The first-order valence-corrected chi connectivity index (χ1v) is 6.93. The maximum absolute atomic E-state index is 14.1. The molecule has 0 heterocycles. The zero-order valence-corrected chi connectivity index (χ0v) is 12.2. The van der Waals surface area contributed by atoms with Gasteiger partial charge in [0.25, 0.3) is 5.91 Å². The summed E-state index contributed by atoms with van der Waals surface area (Å²) in [6.07, 6.45) is 1.44. The van der Waals surface area contributed by atoms with Gasteiger partial charge in [0.1, 0.15) is 17.2 Å². The third kappa shape index (κ3) is 3.33. The first-order chi connectivity index (χ1) is 9.47. The van der Waals surface area contributed by atoms with Gasteiger partial charge in [0.15, 0.2) is 0 Å². The van der Waals surface area contributed by atoms with Crippen molar-refractivity contribution in [1.29, 1.82) is 0 Å².